The van der Waals surface area contributed by atoms with E-state index in [9.17, 15) is 29.7 Å². The van der Waals surface area contributed by atoms with Crippen molar-refractivity contribution in [1.82, 2.24) is 4.90 Å². The van der Waals surface area contributed by atoms with Crippen LogP contribution in [-0.4, -0.2) is 57.8 Å². The molecular formula is C25H26N2O6. The van der Waals surface area contributed by atoms with Crippen LogP contribution in [0.25, 0.3) is 0 Å². The summed E-state index contributed by atoms with van der Waals surface area (Å²) in [5.74, 6) is -0.152. The summed E-state index contributed by atoms with van der Waals surface area (Å²) in [6.07, 6.45) is 0.709. The van der Waals surface area contributed by atoms with Crippen LogP contribution in [0, 0.1) is 36.5 Å². The van der Waals surface area contributed by atoms with Crippen LogP contribution in [0.1, 0.15) is 40.4 Å². The van der Waals surface area contributed by atoms with E-state index in [1.54, 1.807) is 32.0 Å². The van der Waals surface area contributed by atoms with E-state index in [2.05, 4.69) is 11.8 Å². The first-order chi connectivity index (χ1) is 15.5. The van der Waals surface area contributed by atoms with Gasteiger partial charge in [-0.05, 0) is 69.8 Å². The first kappa shape index (κ1) is 22.6. The number of phenolic OH excluding ortho intramolecular Hbond substituents is 1. The van der Waals surface area contributed by atoms with Crippen molar-refractivity contribution in [3.63, 3.8) is 0 Å². The first-order valence-electron chi connectivity index (χ1n) is 10.7. The summed E-state index contributed by atoms with van der Waals surface area (Å²) < 4.78 is 0. The van der Waals surface area contributed by atoms with Gasteiger partial charge in [-0.2, -0.15) is 0 Å². The maximum Gasteiger partial charge on any atom is 0.255 e. The number of benzene rings is 1. The van der Waals surface area contributed by atoms with Gasteiger partial charge >= 0.3 is 0 Å². The quantitative estimate of drug-likeness (QED) is 0.397. The molecule has 4 atom stereocenters. The molecule has 1 amide bonds. The maximum atomic E-state index is 13.6. The van der Waals surface area contributed by atoms with Crippen molar-refractivity contribution >= 4 is 17.5 Å². The molecule has 0 fully saturated rings. The predicted octanol–water partition coefficient (Wildman–Crippen LogP) is 1.69. The van der Waals surface area contributed by atoms with Crippen molar-refractivity contribution < 1.29 is 29.7 Å². The fraction of sp³-hybridized carbons (Fsp3) is 0.400. The molecule has 3 unspecified atom stereocenters. The van der Waals surface area contributed by atoms with Gasteiger partial charge in [0.05, 0.1) is 23.1 Å². The minimum atomic E-state index is -1.19. The number of carbonyl (C=O) groups is 3. The third kappa shape index (κ3) is 3.15. The van der Waals surface area contributed by atoms with E-state index in [4.69, 9.17) is 5.73 Å². The summed E-state index contributed by atoms with van der Waals surface area (Å²) >= 11 is 0. The zero-order valence-corrected chi connectivity index (χ0v) is 18.9. The number of carbonyl (C=O) groups excluding carboxylic acids is 3. The number of amides is 1. The second-order valence-corrected chi connectivity index (χ2v) is 9.12. The van der Waals surface area contributed by atoms with Crippen LogP contribution in [0.2, 0.25) is 0 Å². The smallest absolute Gasteiger partial charge is 0.255 e. The van der Waals surface area contributed by atoms with Crippen LogP contribution in [0.4, 0.5) is 0 Å². The van der Waals surface area contributed by atoms with E-state index in [1.165, 1.54) is 0 Å². The molecule has 3 aliphatic carbocycles. The van der Waals surface area contributed by atoms with Gasteiger partial charge in [0, 0.05) is 5.57 Å². The minimum Gasteiger partial charge on any atom is -0.511 e. The summed E-state index contributed by atoms with van der Waals surface area (Å²) in [7, 11) is 3.39. The van der Waals surface area contributed by atoms with Crippen LogP contribution < -0.4 is 5.73 Å². The average Bonchev–Trinajstić information content (AvgIpc) is 2.70. The summed E-state index contributed by atoms with van der Waals surface area (Å²) in [5, 5.41) is 32.8. The van der Waals surface area contributed by atoms with E-state index in [0.717, 1.165) is 5.56 Å². The summed E-state index contributed by atoms with van der Waals surface area (Å²) in [4.78, 5) is 40.4. The number of phenols is 1. The van der Waals surface area contributed by atoms with Crippen molar-refractivity contribution in [1.29, 1.82) is 0 Å². The lowest BCUT2D eigenvalue weighted by Gasteiger charge is -2.46. The molecule has 0 aromatic heterocycles. The fourth-order valence-electron chi connectivity index (χ4n) is 5.75. The Balaban J connectivity index is 1.93. The zero-order valence-electron chi connectivity index (χ0n) is 18.9. The second kappa shape index (κ2) is 7.78. The number of ketones is 2. The van der Waals surface area contributed by atoms with Crippen LogP contribution >= 0.6 is 0 Å². The third-order valence-corrected chi connectivity index (χ3v) is 7.05. The normalized spacial score (nSPS) is 26.5. The number of aliphatic hydroxyl groups is 2. The number of Topliss-reactive ketones (excluding diaryl/α,β-unsaturated/α-hetero) is 2. The Morgan fingerprint density at radius 2 is 1.85 bits per heavy atom. The topological polar surface area (TPSA) is 141 Å². The molecule has 4 rings (SSSR count). The molecule has 0 spiro atoms. The Kier molecular flexibility index (Phi) is 5.33. The highest BCUT2D eigenvalue weighted by Crippen LogP contribution is 2.50. The van der Waals surface area contributed by atoms with E-state index in [1.807, 2.05) is 6.92 Å². The lowest BCUT2D eigenvalue weighted by atomic mass is 9.60. The Morgan fingerprint density at radius 3 is 2.42 bits per heavy atom. The summed E-state index contributed by atoms with van der Waals surface area (Å²) in [5.41, 5.74) is 6.78. The summed E-state index contributed by atoms with van der Waals surface area (Å²) in [6.45, 7) is 3.46. The minimum absolute atomic E-state index is 0.0659. The lowest BCUT2D eigenvalue weighted by Crippen LogP contribution is -2.53. The van der Waals surface area contributed by atoms with Crippen molar-refractivity contribution in [3.05, 3.63) is 51.0 Å². The highest BCUT2D eigenvalue weighted by Gasteiger charge is 2.54. The Morgan fingerprint density at radius 1 is 1.18 bits per heavy atom. The van der Waals surface area contributed by atoms with Crippen molar-refractivity contribution in [2.24, 2.45) is 23.5 Å². The molecule has 1 aromatic carbocycles. The van der Waals surface area contributed by atoms with Crippen molar-refractivity contribution in [2.75, 3.05) is 14.1 Å². The fourth-order valence-corrected chi connectivity index (χ4v) is 5.75. The molecule has 172 valence electrons. The Labute approximate surface area is 191 Å². The maximum absolute atomic E-state index is 13.6. The van der Waals surface area contributed by atoms with E-state index in [0.29, 0.717) is 24.0 Å². The molecule has 0 saturated heterocycles. The molecule has 0 heterocycles. The van der Waals surface area contributed by atoms with Gasteiger partial charge < -0.3 is 21.1 Å². The molecule has 8 heteroatoms. The number of allylic oxidation sites excluding steroid dienone is 2. The first-order valence-corrected chi connectivity index (χ1v) is 10.7. The van der Waals surface area contributed by atoms with Crippen molar-refractivity contribution in [2.45, 2.75) is 32.7 Å². The average molecular weight is 450 g/mol. The van der Waals surface area contributed by atoms with Crippen LogP contribution in [0.15, 0.2) is 28.7 Å². The molecule has 0 radical (unpaired) electrons. The second-order valence-electron chi connectivity index (χ2n) is 9.12. The standard InChI is InChI=1S/C25H26N2O6/c1-5-6-11-7-10(2)13-8-12-9-14-17(22(30)15(12)21(29)16(13)20(11)28)23(31)18(25(26)33)24(32)19(14)27(3)4/h7,12,14,17,19,28,30,32H,8-9H2,1-4H3,(H2,26,33)/t12?,14?,17?,19-/m0/s1. The molecule has 0 saturated carbocycles. The highest BCUT2D eigenvalue weighted by atomic mass is 16.3. The highest BCUT2D eigenvalue weighted by molar-refractivity contribution is 6.22. The van der Waals surface area contributed by atoms with E-state index in [-0.39, 0.29) is 16.9 Å². The number of aryl methyl sites for hydroxylation is 1. The largest absolute Gasteiger partial charge is 0.511 e. The van der Waals surface area contributed by atoms with Crippen LogP contribution in [0.5, 0.6) is 5.75 Å². The molecule has 0 bridgehead atoms. The monoisotopic (exact) mass is 450 g/mol. The number of likely N-dealkylation sites (N-methyl/N-ethyl adjacent to an activating group) is 1. The van der Waals surface area contributed by atoms with Crippen LogP contribution in [-0.2, 0) is 16.0 Å². The molecule has 0 aliphatic heterocycles. The molecule has 5 N–H and O–H groups in total. The molecule has 3 aliphatic rings. The SMILES string of the molecule is CC#Cc1cc(C)c2c(c1O)C(=O)C1=C(O)C3C(=O)C(C(N)=O)=C(O)[C@@H](N(C)C)C3CC1C2. The third-order valence-electron chi connectivity index (χ3n) is 7.05. The number of aromatic hydroxyl groups is 1. The number of aliphatic hydroxyl groups excluding tert-OH is 2. The van der Waals surface area contributed by atoms with Gasteiger partial charge in [0.15, 0.2) is 11.6 Å². The number of nitrogens with zero attached hydrogens (tertiary/aromatic N) is 1. The predicted molar refractivity (Wildman–Crippen MR) is 120 cm³/mol. The van der Waals surface area contributed by atoms with Gasteiger partial charge in [-0.3, -0.25) is 19.3 Å². The molecule has 33 heavy (non-hydrogen) atoms. The molecule has 8 nitrogen and oxygen atoms in total. The lowest BCUT2D eigenvalue weighted by molar-refractivity contribution is -0.127. The van der Waals surface area contributed by atoms with E-state index < -0.39 is 58.4 Å². The van der Waals surface area contributed by atoms with Gasteiger partial charge in [0.2, 0.25) is 0 Å². The van der Waals surface area contributed by atoms with Gasteiger partial charge in [-0.1, -0.05) is 5.92 Å². The number of hydrogen-bond donors (Lipinski definition) is 4. The van der Waals surface area contributed by atoms with Crippen LogP contribution in [0.3, 0.4) is 0 Å². The van der Waals surface area contributed by atoms with Gasteiger partial charge in [-0.25, -0.2) is 0 Å². The zero-order chi connectivity index (χ0) is 24.4. The molecular weight excluding hydrogens is 424 g/mol. The number of primary amides is 1. The van der Waals surface area contributed by atoms with Gasteiger partial charge in [0.1, 0.15) is 22.8 Å². The Bertz CT molecular complexity index is 1240. The number of fused-ring (bicyclic) bond motifs is 3. The molecule has 1 aromatic rings. The van der Waals surface area contributed by atoms with Crippen molar-refractivity contribution in [3.8, 4) is 17.6 Å². The Hall–Kier alpha value is -3.57. The number of nitrogens with two attached hydrogens (primary N) is 1. The van der Waals surface area contributed by atoms with Gasteiger partial charge in [-0.15, -0.1) is 5.92 Å². The van der Waals surface area contributed by atoms with E-state index >= 15 is 0 Å². The number of rotatable bonds is 2. The number of hydrogen-bond acceptors (Lipinski definition) is 7. The summed E-state index contributed by atoms with van der Waals surface area (Å²) in [6, 6.07) is 1.01. The van der Waals surface area contributed by atoms with Gasteiger partial charge in [0.25, 0.3) is 5.91 Å².